The fourth-order valence-electron chi connectivity index (χ4n) is 4.16. The Labute approximate surface area is 181 Å². The highest BCUT2D eigenvalue weighted by Crippen LogP contribution is 2.24. The van der Waals surface area contributed by atoms with E-state index in [-0.39, 0.29) is 0 Å². The second-order valence-electron chi connectivity index (χ2n) is 8.41. The highest BCUT2D eigenvalue weighted by Gasteiger charge is 2.31. The molecule has 0 radical (unpaired) electrons. The van der Waals surface area contributed by atoms with Crippen LogP contribution in [-0.2, 0) is 14.2 Å². The third-order valence-electron chi connectivity index (χ3n) is 5.90. The van der Waals surface area contributed by atoms with Crippen molar-refractivity contribution in [3.05, 3.63) is 0 Å². The Hall–Kier alpha value is -0.200. The number of hydrogen-bond donors (Lipinski definition) is 0. The van der Waals surface area contributed by atoms with Gasteiger partial charge in [-0.25, -0.2) is 0 Å². The molecule has 0 aromatic heterocycles. The fourth-order valence-corrected chi connectivity index (χ4v) is 4.16. The molecule has 1 aliphatic heterocycles. The van der Waals surface area contributed by atoms with Crippen molar-refractivity contribution >= 4 is 0 Å². The van der Waals surface area contributed by atoms with Gasteiger partial charge in [0.05, 0.1) is 0 Å². The molecule has 29 heavy (non-hydrogen) atoms. The van der Waals surface area contributed by atoms with E-state index in [1.54, 1.807) is 0 Å². The molecule has 0 atom stereocenters. The standard InChI is InChI=1S/C24H50N2O3/c1-5-27-24(28-6-2,29-7-3)18-16-14-12-10-8-9-11-13-15-17-19-26-22-20-25(4)21-23-26/h5-23H2,1-4H3. The third-order valence-corrected chi connectivity index (χ3v) is 5.90. The molecule has 5 nitrogen and oxygen atoms in total. The zero-order valence-electron chi connectivity index (χ0n) is 20.1. The van der Waals surface area contributed by atoms with E-state index in [9.17, 15) is 0 Å². The van der Waals surface area contributed by atoms with Crippen molar-refractivity contribution in [2.45, 2.75) is 97.4 Å². The highest BCUT2D eigenvalue weighted by molar-refractivity contribution is 4.68. The van der Waals surface area contributed by atoms with Gasteiger partial charge >= 0.3 is 0 Å². The van der Waals surface area contributed by atoms with E-state index in [0.717, 1.165) is 12.8 Å². The molecule has 0 N–H and O–H groups in total. The zero-order valence-corrected chi connectivity index (χ0v) is 20.1. The minimum absolute atomic E-state index is 0.620. The minimum atomic E-state index is -0.817. The summed E-state index contributed by atoms with van der Waals surface area (Å²) < 4.78 is 17.4. The maximum absolute atomic E-state index is 5.80. The molecule has 1 fully saturated rings. The molecule has 1 rings (SSSR count). The van der Waals surface area contributed by atoms with Gasteiger partial charge < -0.3 is 24.0 Å². The van der Waals surface area contributed by atoms with Gasteiger partial charge in [0.2, 0.25) is 0 Å². The van der Waals surface area contributed by atoms with Crippen molar-refractivity contribution in [3.63, 3.8) is 0 Å². The maximum atomic E-state index is 5.80. The average molecular weight is 415 g/mol. The first-order valence-corrected chi connectivity index (χ1v) is 12.5. The quantitative estimate of drug-likeness (QED) is 0.212. The summed E-state index contributed by atoms with van der Waals surface area (Å²) in [5.74, 6) is -0.817. The smallest absolute Gasteiger partial charge is 0.282 e. The number of unbranched alkanes of at least 4 members (excludes halogenated alkanes) is 9. The predicted octanol–water partition coefficient (Wildman–Crippen LogP) is 5.29. The van der Waals surface area contributed by atoms with Gasteiger partial charge in [-0.1, -0.05) is 51.4 Å². The van der Waals surface area contributed by atoms with E-state index in [1.807, 2.05) is 20.8 Å². The molecule has 0 unspecified atom stereocenters. The second-order valence-corrected chi connectivity index (χ2v) is 8.41. The number of likely N-dealkylation sites (N-methyl/N-ethyl adjacent to an activating group) is 1. The van der Waals surface area contributed by atoms with E-state index in [4.69, 9.17) is 14.2 Å². The van der Waals surface area contributed by atoms with Crippen LogP contribution in [0.4, 0.5) is 0 Å². The van der Waals surface area contributed by atoms with Crippen molar-refractivity contribution in [1.29, 1.82) is 0 Å². The molecule has 1 aliphatic rings. The molecule has 0 aromatic rings. The molecule has 0 amide bonds. The molecule has 5 heteroatoms. The van der Waals surface area contributed by atoms with Crippen LogP contribution in [0, 0.1) is 0 Å². The normalized spacial score (nSPS) is 16.6. The number of ether oxygens (including phenoxy) is 3. The number of nitrogens with zero attached hydrogens (tertiary/aromatic N) is 2. The monoisotopic (exact) mass is 414 g/mol. The third kappa shape index (κ3) is 13.0. The van der Waals surface area contributed by atoms with Crippen molar-refractivity contribution in [1.82, 2.24) is 9.80 Å². The van der Waals surface area contributed by atoms with E-state index in [0.29, 0.717) is 19.8 Å². The zero-order chi connectivity index (χ0) is 21.2. The van der Waals surface area contributed by atoms with E-state index < -0.39 is 5.97 Å². The lowest BCUT2D eigenvalue weighted by molar-refractivity contribution is -0.380. The summed E-state index contributed by atoms with van der Waals surface area (Å²) in [6.45, 7) is 14.2. The van der Waals surface area contributed by atoms with Crippen molar-refractivity contribution < 1.29 is 14.2 Å². The van der Waals surface area contributed by atoms with Gasteiger partial charge in [-0.15, -0.1) is 0 Å². The Morgan fingerprint density at radius 2 is 1.00 bits per heavy atom. The average Bonchev–Trinajstić information content (AvgIpc) is 2.71. The van der Waals surface area contributed by atoms with E-state index in [1.165, 1.54) is 90.5 Å². The molecule has 0 spiro atoms. The maximum Gasteiger partial charge on any atom is 0.282 e. The number of piperazine rings is 1. The molecular formula is C24H50N2O3. The molecule has 1 heterocycles. The molecule has 0 aromatic carbocycles. The van der Waals surface area contributed by atoms with Gasteiger partial charge in [0.25, 0.3) is 5.97 Å². The van der Waals surface area contributed by atoms with Gasteiger partial charge in [0, 0.05) is 52.4 Å². The molecule has 0 bridgehead atoms. The van der Waals surface area contributed by atoms with Crippen LogP contribution in [0.25, 0.3) is 0 Å². The summed E-state index contributed by atoms with van der Waals surface area (Å²) in [5, 5.41) is 0. The Morgan fingerprint density at radius 3 is 1.45 bits per heavy atom. The summed E-state index contributed by atoms with van der Waals surface area (Å²) in [6.07, 6.45) is 14.2. The highest BCUT2D eigenvalue weighted by atomic mass is 16.9. The van der Waals surface area contributed by atoms with Crippen LogP contribution in [0.15, 0.2) is 0 Å². The fraction of sp³-hybridized carbons (Fsp3) is 1.00. The lowest BCUT2D eigenvalue weighted by atomic mass is 10.1. The van der Waals surface area contributed by atoms with Crippen LogP contribution in [0.5, 0.6) is 0 Å². The van der Waals surface area contributed by atoms with Gasteiger partial charge in [-0.05, 0) is 47.2 Å². The SMILES string of the molecule is CCOC(CCCCCCCCCCCCN1CCN(C)CC1)(OCC)OCC. The van der Waals surface area contributed by atoms with Crippen molar-refractivity contribution in [2.75, 3.05) is 59.6 Å². The van der Waals surface area contributed by atoms with E-state index in [2.05, 4.69) is 16.8 Å². The van der Waals surface area contributed by atoms with Gasteiger partial charge in [-0.2, -0.15) is 0 Å². The molecule has 1 saturated heterocycles. The Balaban J connectivity index is 1.92. The summed E-state index contributed by atoms with van der Waals surface area (Å²) in [7, 11) is 2.23. The lowest BCUT2D eigenvalue weighted by Crippen LogP contribution is -2.44. The summed E-state index contributed by atoms with van der Waals surface area (Å²) in [4.78, 5) is 5.07. The Kier molecular flexibility index (Phi) is 16.2. The van der Waals surface area contributed by atoms with Crippen LogP contribution in [0.1, 0.15) is 91.4 Å². The first-order valence-electron chi connectivity index (χ1n) is 12.5. The van der Waals surface area contributed by atoms with Gasteiger partial charge in [0.1, 0.15) is 0 Å². The first kappa shape index (κ1) is 26.8. The van der Waals surface area contributed by atoms with Crippen LogP contribution in [0.3, 0.4) is 0 Å². The molecule has 174 valence electrons. The van der Waals surface area contributed by atoms with E-state index >= 15 is 0 Å². The Morgan fingerprint density at radius 1 is 0.586 bits per heavy atom. The van der Waals surface area contributed by atoms with Crippen molar-refractivity contribution in [2.24, 2.45) is 0 Å². The number of rotatable bonds is 19. The molecular weight excluding hydrogens is 364 g/mol. The summed E-state index contributed by atoms with van der Waals surface area (Å²) >= 11 is 0. The molecule has 0 aliphatic carbocycles. The van der Waals surface area contributed by atoms with Crippen LogP contribution >= 0.6 is 0 Å². The first-order chi connectivity index (χ1) is 14.2. The van der Waals surface area contributed by atoms with Crippen LogP contribution in [-0.4, -0.2) is 75.4 Å². The van der Waals surface area contributed by atoms with Crippen LogP contribution in [0.2, 0.25) is 0 Å². The van der Waals surface area contributed by atoms with Gasteiger partial charge in [-0.3, -0.25) is 0 Å². The minimum Gasteiger partial charge on any atom is -0.328 e. The largest absolute Gasteiger partial charge is 0.328 e. The van der Waals surface area contributed by atoms with Crippen molar-refractivity contribution in [3.8, 4) is 0 Å². The topological polar surface area (TPSA) is 34.2 Å². The Bertz CT molecular complexity index is 343. The second kappa shape index (κ2) is 17.5. The molecule has 0 saturated carbocycles. The number of hydrogen-bond acceptors (Lipinski definition) is 5. The lowest BCUT2D eigenvalue weighted by Gasteiger charge is -2.32. The summed E-state index contributed by atoms with van der Waals surface area (Å²) in [5.41, 5.74) is 0. The van der Waals surface area contributed by atoms with Crippen LogP contribution < -0.4 is 0 Å². The summed E-state index contributed by atoms with van der Waals surface area (Å²) in [6, 6.07) is 0. The predicted molar refractivity (Wildman–Crippen MR) is 122 cm³/mol. The van der Waals surface area contributed by atoms with Gasteiger partial charge in [0.15, 0.2) is 0 Å².